The Kier molecular flexibility index (Phi) is 5.56. The number of fused-ring (bicyclic) bond motifs is 2. The molecule has 1 aromatic carbocycles. The van der Waals surface area contributed by atoms with Crippen molar-refractivity contribution in [2.75, 3.05) is 5.32 Å². The summed E-state index contributed by atoms with van der Waals surface area (Å²) in [5.74, 6) is 2.22. The lowest BCUT2D eigenvalue weighted by molar-refractivity contribution is 0.389. The van der Waals surface area contributed by atoms with Gasteiger partial charge in [-0.15, -0.1) is 0 Å². The van der Waals surface area contributed by atoms with Crippen LogP contribution < -0.4 is 21.5 Å². The summed E-state index contributed by atoms with van der Waals surface area (Å²) >= 11 is 10.7. The molecule has 3 atom stereocenters. The summed E-state index contributed by atoms with van der Waals surface area (Å²) in [7, 11) is 0. The van der Waals surface area contributed by atoms with Crippen LogP contribution in [0.15, 0.2) is 24.3 Å². The minimum absolute atomic E-state index is 0.504. The zero-order valence-corrected chi connectivity index (χ0v) is 15.9. The fourth-order valence-corrected chi connectivity index (χ4v) is 4.22. The van der Waals surface area contributed by atoms with Crippen LogP contribution in [0.3, 0.4) is 0 Å². The molecule has 2 aliphatic rings. The Morgan fingerprint density at radius 2 is 1.71 bits per heavy atom. The molecule has 0 radical (unpaired) electrons. The van der Waals surface area contributed by atoms with Crippen molar-refractivity contribution >= 4 is 40.3 Å². The molecule has 130 valence electrons. The van der Waals surface area contributed by atoms with E-state index in [-0.39, 0.29) is 0 Å². The molecule has 0 amide bonds. The molecule has 6 heteroatoms. The molecule has 3 rings (SSSR count). The van der Waals surface area contributed by atoms with E-state index in [1.807, 2.05) is 12.1 Å². The average Bonchev–Trinajstić information content (AvgIpc) is 3.16. The third-order valence-electron chi connectivity index (χ3n) is 5.18. The second kappa shape index (κ2) is 7.66. The van der Waals surface area contributed by atoms with E-state index in [9.17, 15) is 0 Å². The van der Waals surface area contributed by atoms with E-state index in [1.165, 1.54) is 31.2 Å². The van der Waals surface area contributed by atoms with Crippen molar-refractivity contribution in [3.63, 3.8) is 0 Å². The fraction of sp³-hybridized carbons (Fsp3) is 0.556. The molecule has 1 aromatic rings. The van der Waals surface area contributed by atoms with Crippen molar-refractivity contribution in [3.05, 3.63) is 29.8 Å². The zero-order chi connectivity index (χ0) is 17.1. The van der Waals surface area contributed by atoms with E-state index in [1.54, 1.807) is 0 Å². The van der Waals surface area contributed by atoms with Crippen LogP contribution in [0, 0.1) is 11.8 Å². The molecule has 0 heterocycles. The highest BCUT2D eigenvalue weighted by atomic mass is 32.1. The molecule has 2 saturated carbocycles. The quantitative estimate of drug-likeness (QED) is 0.486. The van der Waals surface area contributed by atoms with Gasteiger partial charge < -0.3 is 10.6 Å². The highest BCUT2D eigenvalue weighted by molar-refractivity contribution is 7.80. The molecular weight excluding hydrogens is 336 g/mol. The molecule has 0 saturated heterocycles. The fourth-order valence-electron chi connectivity index (χ4n) is 3.85. The van der Waals surface area contributed by atoms with Gasteiger partial charge in [0.1, 0.15) is 0 Å². The SMILES string of the molecule is CC(C)c1ccc(NC(=S)NNC(=S)N[C@H]2C[C@@H]3CC[C@@H]2C3)cc1. The van der Waals surface area contributed by atoms with Crippen molar-refractivity contribution in [2.45, 2.75) is 51.5 Å². The molecule has 0 unspecified atom stereocenters. The van der Waals surface area contributed by atoms with Gasteiger partial charge in [0.25, 0.3) is 0 Å². The molecule has 2 fully saturated rings. The largest absolute Gasteiger partial charge is 0.358 e. The van der Waals surface area contributed by atoms with Crippen molar-refractivity contribution < 1.29 is 0 Å². The predicted molar refractivity (Wildman–Crippen MR) is 108 cm³/mol. The third-order valence-corrected chi connectivity index (χ3v) is 5.60. The molecule has 24 heavy (non-hydrogen) atoms. The zero-order valence-electron chi connectivity index (χ0n) is 14.3. The lowest BCUT2D eigenvalue weighted by Gasteiger charge is -2.24. The van der Waals surface area contributed by atoms with Crippen molar-refractivity contribution in [3.8, 4) is 0 Å². The van der Waals surface area contributed by atoms with Gasteiger partial charge in [0.2, 0.25) is 0 Å². The van der Waals surface area contributed by atoms with E-state index >= 15 is 0 Å². The van der Waals surface area contributed by atoms with Crippen LogP contribution in [0.4, 0.5) is 5.69 Å². The average molecular weight is 363 g/mol. The summed E-state index contributed by atoms with van der Waals surface area (Å²) in [6, 6.07) is 8.83. The number of rotatable bonds is 3. The summed E-state index contributed by atoms with van der Waals surface area (Å²) in [4.78, 5) is 0. The summed E-state index contributed by atoms with van der Waals surface area (Å²) in [6.45, 7) is 4.37. The maximum atomic E-state index is 5.36. The first kappa shape index (κ1) is 17.4. The Labute approximate surface area is 155 Å². The van der Waals surface area contributed by atoms with E-state index in [0.717, 1.165) is 17.5 Å². The van der Waals surface area contributed by atoms with Crippen molar-refractivity contribution in [1.29, 1.82) is 0 Å². The summed E-state index contributed by atoms with van der Waals surface area (Å²) in [6.07, 6.45) is 5.34. The van der Waals surface area contributed by atoms with Crippen LogP contribution in [0.2, 0.25) is 0 Å². The first-order chi connectivity index (χ1) is 11.5. The van der Waals surface area contributed by atoms with Gasteiger partial charge in [0.15, 0.2) is 10.2 Å². The summed E-state index contributed by atoms with van der Waals surface area (Å²) in [5, 5.41) is 7.70. The van der Waals surface area contributed by atoms with Gasteiger partial charge in [-0.25, -0.2) is 0 Å². The number of hydrogen-bond donors (Lipinski definition) is 4. The van der Waals surface area contributed by atoms with Gasteiger partial charge >= 0.3 is 0 Å². The number of thiocarbonyl (C=S) groups is 2. The second-order valence-corrected chi connectivity index (χ2v) is 8.05. The van der Waals surface area contributed by atoms with Crippen LogP contribution in [0.1, 0.15) is 51.0 Å². The number of hydrogen-bond acceptors (Lipinski definition) is 2. The molecule has 4 nitrogen and oxygen atoms in total. The highest BCUT2D eigenvalue weighted by Gasteiger charge is 2.39. The Morgan fingerprint density at radius 3 is 2.29 bits per heavy atom. The van der Waals surface area contributed by atoms with E-state index in [2.05, 4.69) is 47.5 Å². The monoisotopic (exact) mass is 362 g/mol. The number of anilines is 1. The maximum Gasteiger partial charge on any atom is 0.189 e. The third kappa shape index (κ3) is 4.36. The molecule has 0 aromatic heterocycles. The molecule has 2 aliphatic carbocycles. The molecule has 0 spiro atoms. The number of nitrogens with one attached hydrogen (secondary N) is 4. The summed E-state index contributed by atoms with van der Waals surface area (Å²) < 4.78 is 0. The van der Waals surface area contributed by atoms with Gasteiger partial charge in [0, 0.05) is 11.7 Å². The standard InChI is InChI=1S/C18H26N4S2/c1-11(2)13-5-7-15(8-6-13)19-17(23)21-22-18(24)20-16-10-12-3-4-14(16)9-12/h5-8,11-12,14,16H,3-4,9-10H2,1-2H3,(H2,19,21,23)(H2,20,22,24)/t12-,14-,16+/m1/s1. The van der Waals surface area contributed by atoms with Crippen LogP contribution >= 0.6 is 24.4 Å². The first-order valence-electron chi connectivity index (χ1n) is 8.74. The predicted octanol–water partition coefficient (Wildman–Crippen LogP) is 3.66. The molecular formula is C18H26N4S2. The number of benzene rings is 1. The normalized spacial score (nSPS) is 24.7. The Bertz CT molecular complexity index is 600. The van der Waals surface area contributed by atoms with E-state index in [0.29, 0.717) is 22.2 Å². The van der Waals surface area contributed by atoms with Crippen LogP contribution in [-0.4, -0.2) is 16.3 Å². The number of hydrazine groups is 1. The van der Waals surface area contributed by atoms with Gasteiger partial charge in [0.05, 0.1) is 0 Å². The van der Waals surface area contributed by atoms with Crippen molar-refractivity contribution in [2.24, 2.45) is 11.8 Å². The van der Waals surface area contributed by atoms with Gasteiger partial charge in [-0.1, -0.05) is 32.4 Å². The molecule has 0 aliphatic heterocycles. The van der Waals surface area contributed by atoms with Gasteiger partial charge in [-0.05, 0) is 79.1 Å². The Balaban J connectivity index is 1.39. The first-order valence-corrected chi connectivity index (χ1v) is 9.56. The van der Waals surface area contributed by atoms with Crippen LogP contribution in [0.25, 0.3) is 0 Å². The highest BCUT2D eigenvalue weighted by Crippen LogP contribution is 2.44. The van der Waals surface area contributed by atoms with Crippen LogP contribution in [0.5, 0.6) is 0 Å². The Morgan fingerprint density at radius 1 is 1.00 bits per heavy atom. The smallest absolute Gasteiger partial charge is 0.189 e. The van der Waals surface area contributed by atoms with E-state index in [4.69, 9.17) is 24.4 Å². The Hall–Kier alpha value is -1.40. The molecule has 4 N–H and O–H groups in total. The van der Waals surface area contributed by atoms with Gasteiger partial charge in [-0.2, -0.15) is 0 Å². The lowest BCUT2D eigenvalue weighted by Crippen LogP contribution is -2.51. The second-order valence-electron chi connectivity index (χ2n) is 7.24. The topological polar surface area (TPSA) is 48.1 Å². The minimum Gasteiger partial charge on any atom is -0.358 e. The lowest BCUT2D eigenvalue weighted by atomic mass is 9.96. The maximum absolute atomic E-state index is 5.36. The molecule has 2 bridgehead atoms. The van der Waals surface area contributed by atoms with Crippen LogP contribution in [-0.2, 0) is 0 Å². The van der Waals surface area contributed by atoms with E-state index < -0.39 is 0 Å². The summed E-state index contributed by atoms with van der Waals surface area (Å²) in [5.41, 5.74) is 8.22. The van der Waals surface area contributed by atoms with Gasteiger partial charge in [-0.3, -0.25) is 10.9 Å². The minimum atomic E-state index is 0.504. The van der Waals surface area contributed by atoms with Crippen molar-refractivity contribution in [1.82, 2.24) is 16.2 Å².